The number of rotatable bonds is 17. The quantitative estimate of drug-likeness (QED) is 0.260. The van der Waals surface area contributed by atoms with Gasteiger partial charge in [-0.1, -0.05) is 90.0 Å². The molecule has 0 aliphatic heterocycles. The number of aliphatic hydroxyl groups is 3. The van der Waals surface area contributed by atoms with Crippen LogP contribution in [-0.4, -0.2) is 34.6 Å². The minimum Gasteiger partial charge on any atom is -1.00 e. The van der Waals surface area contributed by atoms with Crippen molar-refractivity contribution < 1.29 is 32.3 Å². The summed E-state index contributed by atoms with van der Waals surface area (Å²) in [4.78, 5) is 0. The molecule has 1 rings (SSSR count). The molecule has 29 heavy (non-hydrogen) atoms. The number of halogens is 1. The summed E-state index contributed by atoms with van der Waals surface area (Å²) in [6, 6.07) is 6.31. The summed E-state index contributed by atoms with van der Waals surface area (Å²) in [5.74, 6) is 0. The lowest BCUT2D eigenvalue weighted by molar-refractivity contribution is -0.697. The largest absolute Gasteiger partial charge is 1.00 e. The van der Waals surface area contributed by atoms with E-state index in [0.717, 1.165) is 0 Å². The predicted octanol–water partition coefficient (Wildman–Crippen LogP) is 1.79. The third-order valence-electron chi connectivity index (χ3n) is 4.97. The van der Waals surface area contributed by atoms with E-state index >= 15 is 0 Å². The normalized spacial score (nSPS) is 10.4. The summed E-state index contributed by atoms with van der Waals surface area (Å²) >= 11 is 0. The highest BCUT2D eigenvalue weighted by Crippen LogP contribution is 2.12. The Morgan fingerprint density at radius 1 is 0.621 bits per heavy atom. The number of hydrogen-bond donors (Lipinski definition) is 3. The Bertz CT molecular complexity index is 402. The molecule has 0 radical (unpaired) electrons. The minimum atomic E-state index is -0.954. The first kappa shape index (κ1) is 30.5. The molecule has 0 amide bonds. The van der Waals surface area contributed by atoms with Gasteiger partial charge in [0.05, 0.1) is 13.2 Å². The van der Waals surface area contributed by atoms with Gasteiger partial charge in [-0.2, -0.15) is 0 Å². The molecule has 0 saturated heterocycles. The van der Waals surface area contributed by atoms with Crippen molar-refractivity contribution in [1.29, 1.82) is 0 Å². The van der Waals surface area contributed by atoms with E-state index < -0.39 is 6.10 Å². The van der Waals surface area contributed by atoms with E-state index in [1.807, 2.05) is 0 Å². The van der Waals surface area contributed by atoms with E-state index in [2.05, 4.69) is 42.1 Å². The first-order chi connectivity index (χ1) is 13.7. The Morgan fingerprint density at radius 2 is 1.00 bits per heavy atom. The van der Waals surface area contributed by atoms with Gasteiger partial charge >= 0.3 is 0 Å². The Hall–Kier alpha value is -0.680. The van der Waals surface area contributed by atoms with Crippen molar-refractivity contribution in [2.75, 3.05) is 13.2 Å². The molecular formula is C24H46ClNO3. The molecule has 0 saturated carbocycles. The lowest BCUT2D eigenvalue weighted by atomic mass is 10.0. The molecule has 1 aromatic rings. The Morgan fingerprint density at radius 3 is 1.34 bits per heavy atom. The molecule has 0 aliphatic rings. The van der Waals surface area contributed by atoms with E-state index in [1.165, 1.54) is 96.4 Å². The molecule has 0 atom stereocenters. The summed E-state index contributed by atoms with van der Waals surface area (Å²) in [5.41, 5.74) is 0. The SMILES string of the molecule is CCCCCCCCCCCCCCCC[n+]1ccccc1.OCC(O)CO.[Cl-]. The van der Waals surface area contributed by atoms with Gasteiger partial charge in [-0.05, 0) is 6.42 Å². The Kier molecular flexibility index (Phi) is 26.7. The monoisotopic (exact) mass is 431 g/mol. The van der Waals surface area contributed by atoms with Crippen LogP contribution < -0.4 is 17.0 Å². The second kappa shape index (κ2) is 25.4. The first-order valence-corrected chi connectivity index (χ1v) is 11.6. The average molecular weight is 432 g/mol. The molecule has 3 N–H and O–H groups in total. The minimum absolute atomic E-state index is 0. The average Bonchev–Trinajstić information content (AvgIpc) is 2.74. The van der Waals surface area contributed by atoms with Gasteiger partial charge in [0.2, 0.25) is 0 Å². The van der Waals surface area contributed by atoms with Crippen LogP contribution in [0.5, 0.6) is 0 Å². The molecular weight excluding hydrogens is 386 g/mol. The van der Waals surface area contributed by atoms with Gasteiger partial charge in [0.25, 0.3) is 0 Å². The van der Waals surface area contributed by atoms with Crippen molar-refractivity contribution in [3.8, 4) is 0 Å². The van der Waals surface area contributed by atoms with E-state index in [-0.39, 0.29) is 25.6 Å². The van der Waals surface area contributed by atoms with Crippen LogP contribution in [0.1, 0.15) is 96.8 Å². The predicted molar refractivity (Wildman–Crippen MR) is 117 cm³/mol. The zero-order valence-corrected chi connectivity index (χ0v) is 19.4. The van der Waals surface area contributed by atoms with Gasteiger partial charge in [-0.3, -0.25) is 0 Å². The van der Waals surface area contributed by atoms with Crippen LogP contribution in [0.25, 0.3) is 0 Å². The number of hydrogen-bond acceptors (Lipinski definition) is 3. The fourth-order valence-electron chi connectivity index (χ4n) is 3.13. The van der Waals surface area contributed by atoms with Crippen LogP contribution in [0, 0.1) is 0 Å². The molecule has 0 aromatic carbocycles. The van der Waals surface area contributed by atoms with Crippen molar-refractivity contribution in [2.45, 2.75) is 109 Å². The molecule has 4 nitrogen and oxygen atoms in total. The van der Waals surface area contributed by atoms with E-state index in [0.29, 0.717) is 0 Å². The van der Waals surface area contributed by atoms with E-state index in [9.17, 15) is 0 Å². The van der Waals surface area contributed by atoms with Gasteiger partial charge in [-0.25, -0.2) is 4.57 Å². The molecule has 0 unspecified atom stereocenters. The van der Waals surface area contributed by atoms with Crippen LogP contribution in [0.2, 0.25) is 0 Å². The highest BCUT2D eigenvalue weighted by Gasteiger charge is 1.98. The smallest absolute Gasteiger partial charge is 0.168 e. The maximum Gasteiger partial charge on any atom is 0.168 e. The lowest BCUT2D eigenvalue weighted by Gasteiger charge is -2.02. The summed E-state index contributed by atoms with van der Waals surface area (Å²) in [6.07, 6.45) is 23.5. The van der Waals surface area contributed by atoms with Crippen molar-refractivity contribution in [2.24, 2.45) is 0 Å². The van der Waals surface area contributed by atoms with Gasteiger partial charge in [0.15, 0.2) is 12.4 Å². The summed E-state index contributed by atoms with van der Waals surface area (Å²) in [6.45, 7) is 2.74. The third kappa shape index (κ3) is 23.5. The number of unbranched alkanes of at least 4 members (excludes halogenated alkanes) is 13. The topological polar surface area (TPSA) is 64.6 Å². The van der Waals surface area contributed by atoms with Gasteiger partial charge in [0, 0.05) is 18.6 Å². The number of aliphatic hydroxyl groups excluding tert-OH is 3. The molecule has 0 spiro atoms. The Labute approximate surface area is 185 Å². The fraction of sp³-hybridized carbons (Fsp3) is 0.792. The van der Waals surface area contributed by atoms with Crippen LogP contribution in [0.3, 0.4) is 0 Å². The van der Waals surface area contributed by atoms with Crippen molar-refractivity contribution in [3.63, 3.8) is 0 Å². The molecule has 5 heteroatoms. The first-order valence-electron chi connectivity index (χ1n) is 11.6. The maximum atomic E-state index is 8.17. The van der Waals surface area contributed by atoms with Gasteiger partial charge in [-0.15, -0.1) is 0 Å². The molecule has 172 valence electrons. The molecule has 0 bridgehead atoms. The summed E-state index contributed by atoms with van der Waals surface area (Å²) in [5, 5.41) is 24.0. The van der Waals surface area contributed by atoms with Crippen molar-refractivity contribution >= 4 is 0 Å². The van der Waals surface area contributed by atoms with Gasteiger partial charge < -0.3 is 27.7 Å². The fourth-order valence-corrected chi connectivity index (χ4v) is 3.13. The van der Waals surface area contributed by atoms with E-state index in [1.54, 1.807) is 0 Å². The molecule has 1 heterocycles. The van der Waals surface area contributed by atoms with Crippen molar-refractivity contribution in [1.82, 2.24) is 0 Å². The highest BCUT2D eigenvalue weighted by atomic mass is 35.5. The summed E-state index contributed by atoms with van der Waals surface area (Å²) < 4.78 is 2.29. The zero-order chi connectivity index (χ0) is 20.7. The zero-order valence-electron chi connectivity index (χ0n) is 18.7. The van der Waals surface area contributed by atoms with Crippen molar-refractivity contribution in [3.05, 3.63) is 30.6 Å². The lowest BCUT2D eigenvalue weighted by Crippen LogP contribution is -3.00. The second-order valence-corrected chi connectivity index (χ2v) is 7.73. The second-order valence-electron chi connectivity index (χ2n) is 7.73. The standard InChI is InChI=1S/C21H38N.C3H8O3.ClH/c1-2-3-4-5-6-7-8-9-10-11-12-13-14-16-19-22-20-17-15-18-21-22;4-1-3(6)2-5;/h15,17-18,20-21H,2-14,16,19H2,1H3;3-6H,1-2H2;1H/q+1;;/p-1. The Balaban J connectivity index is 0. The number of nitrogens with zero attached hydrogens (tertiary/aromatic N) is 1. The van der Waals surface area contributed by atoms with E-state index in [4.69, 9.17) is 15.3 Å². The number of pyridine rings is 1. The van der Waals surface area contributed by atoms with Crippen LogP contribution >= 0.6 is 0 Å². The number of aryl methyl sites for hydroxylation is 1. The van der Waals surface area contributed by atoms with Crippen LogP contribution in [0.15, 0.2) is 30.6 Å². The molecule has 0 fully saturated rings. The number of aromatic nitrogens is 1. The summed E-state index contributed by atoms with van der Waals surface area (Å²) in [7, 11) is 0. The van der Waals surface area contributed by atoms with Gasteiger partial charge in [0.1, 0.15) is 12.6 Å². The maximum absolute atomic E-state index is 8.17. The highest BCUT2D eigenvalue weighted by molar-refractivity contribution is 4.83. The third-order valence-corrected chi connectivity index (χ3v) is 4.97. The van der Waals surface area contributed by atoms with Crippen LogP contribution in [-0.2, 0) is 6.54 Å². The molecule has 0 aliphatic carbocycles. The molecule has 1 aromatic heterocycles. The van der Waals surface area contributed by atoms with Crippen LogP contribution in [0.4, 0.5) is 0 Å².